The van der Waals surface area contributed by atoms with E-state index in [0.29, 0.717) is 34.4 Å². The highest BCUT2D eigenvalue weighted by molar-refractivity contribution is 7.99. The van der Waals surface area contributed by atoms with E-state index < -0.39 is 0 Å². The predicted octanol–water partition coefficient (Wildman–Crippen LogP) is 4.93. The van der Waals surface area contributed by atoms with E-state index in [9.17, 15) is 9.59 Å². The molecule has 0 radical (unpaired) electrons. The highest BCUT2D eigenvalue weighted by Crippen LogP contribution is 2.49. The van der Waals surface area contributed by atoms with Crippen molar-refractivity contribution >= 4 is 35.0 Å². The van der Waals surface area contributed by atoms with Crippen LogP contribution in [0.2, 0.25) is 0 Å². The number of fused-ring (bicyclic) bond motifs is 1. The lowest BCUT2D eigenvalue weighted by molar-refractivity contribution is -0.121. The number of thioether (sulfide) groups is 1. The van der Waals surface area contributed by atoms with Crippen molar-refractivity contribution < 1.29 is 28.5 Å². The van der Waals surface area contributed by atoms with Crippen molar-refractivity contribution in [1.29, 1.82) is 0 Å². The number of rotatable bonds is 8. The summed E-state index contributed by atoms with van der Waals surface area (Å²) >= 11 is 1.56. The number of hydrogen-bond acceptors (Lipinski definition) is 7. The molecule has 2 amide bonds. The molecule has 8 nitrogen and oxygen atoms in total. The van der Waals surface area contributed by atoms with Crippen molar-refractivity contribution in [1.82, 2.24) is 0 Å². The Balaban J connectivity index is 1.64. The zero-order chi connectivity index (χ0) is 25.7. The van der Waals surface area contributed by atoms with E-state index >= 15 is 0 Å². The highest BCUT2D eigenvalue weighted by Gasteiger charge is 2.31. The van der Waals surface area contributed by atoms with Gasteiger partial charge in [0.1, 0.15) is 12.3 Å². The molecule has 0 saturated heterocycles. The third kappa shape index (κ3) is 5.21. The number of nitrogens with one attached hydrogen (secondary N) is 1. The van der Waals surface area contributed by atoms with E-state index in [4.69, 9.17) is 18.9 Å². The number of carbonyl (C=O) groups excluding carboxylic acids is 2. The molecule has 4 rings (SSSR count). The molecule has 0 saturated carbocycles. The molecule has 3 aromatic rings. The molecule has 0 bridgehead atoms. The smallest absolute Gasteiger partial charge is 0.244 e. The first kappa shape index (κ1) is 25.2. The van der Waals surface area contributed by atoms with Crippen LogP contribution in [0, 0.1) is 0 Å². The van der Waals surface area contributed by atoms with Crippen molar-refractivity contribution in [3.63, 3.8) is 0 Å². The Morgan fingerprint density at radius 3 is 2.22 bits per heavy atom. The molecule has 1 atom stereocenters. The van der Waals surface area contributed by atoms with Crippen molar-refractivity contribution in [2.24, 2.45) is 0 Å². The van der Waals surface area contributed by atoms with Gasteiger partial charge in [0.15, 0.2) is 11.5 Å². The minimum absolute atomic E-state index is 0.129. The minimum Gasteiger partial charge on any atom is -0.495 e. The molecule has 0 spiro atoms. The maximum Gasteiger partial charge on any atom is 0.244 e. The second-order valence-electron chi connectivity index (χ2n) is 7.97. The zero-order valence-electron chi connectivity index (χ0n) is 20.6. The van der Waals surface area contributed by atoms with Gasteiger partial charge in [0, 0.05) is 16.6 Å². The summed E-state index contributed by atoms with van der Waals surface area (Å²) in [5.74, 6) is 1.59. The molecule has 1 unspecified atom stereocenters. The fourth-order valence-electron chi connectivity index (χ4n) is 4.11. The first-order chi connectivity index (χ1) is 17.5. The maximum atomic E-state index is 13.5. The van der Waals surface area contributed by atoms with E-state index in [1.807, 2.05) is 48.5 Å². The van der Waals surface area contributed by atoms with E-state index in [1.165, 1.54) is 4.90 Å². The number of hydrogen-bond donors (Lipinski definition) is 1. The molecule has 0 aliphatic carbocycles. The van der Waals surface area contributed by atoms with Gasteiger partial charge in [0.2, 0.25) is 17.6 Å². The second kappa shape index (κ2) is 11.3. The Hall–Kier alpha value is -3.85. The van der Waals surface area contributed by atoms with E-state index in [0.717, 1.165) is 10.5 Å². The third-order valence-electron chi connectivity index (χ3n) is 5.83. The largest absolute Gasteiger partial charge is 0.495 e. The van der Waals surface area contributed by atoms with E-state index in [1.54, 1.807) is 52.3 Å². The molecule has 1 heterocycles. The van der Waals surface area contributed by atoms with Gasteiger partial charge in [-0.2, -0.15) is 0 Å². The van der Waals surface area contributed by atoms with Crippen LogP contribution in [0.3, 0.4) is 0 Å². The first-order valence-corrected chi connectivity index (χ1v) is 12.2. The van der Waals surface area contributed by atoms with Crippen LogP contribution in [-0.2, 0) is 9.59 Å². The third-order valence-corrected chi connectivity index (χ3v) is 7.15. The van der Waals surface area contributed by atoms with Gasteiger partial charge in [-0.3, -0.25) is 9.59 Å². The lowest BCUT2D eigenvalue weighted by atomic mass is 10.1. The van der Waals surface area contributed by atoms with Gasteiger partial charge in [0.25, 0.3) is 0 Å². The van der Waals surface area contributed by atoms with Crippen molar-refractivity contribution in [3.05, 3.63) is 66.2 Å². The van der Waals surface area contributed by atoms with Gasteiger partial charge < -0.3 is 29.2 Å². The minimum atomic E-state index is -0.320. The number of amides is 2. The zero-order valence-corrected chi connectivity index (χ0v) is 21.4. The fraction of sp³-hybridized carbons (Fsp3) is 0.259. The summed E-state index contributed by atoms with van der Waals surface area (Å²) in [6.45, 7) is -0.129. The summed E-state index contributed by atoms with van der Waals surface area (Å²) < 4.78 is 21.8. The van der Waals surface area contributed by atoms with Gasteiger partial charge in [-0.1, -0.05) is 24.3 Å². The van der Waals surface area contributed by atoms with Crippen molar-refractivity contribution in [3.8, 4) is 23.0 Å². The standard InChI is InChI=1S/C27H28N2O6S/c1-32-20-11-7-5-9-18(20)28-25(30)16-29-19-10-6-8-12-23(19)36-24(15-26(29)31)17-13-21(33-2)27(35-4)22(14-17)34-3/h5-14,24H,15-16H2,1-4H3,(H,28,30). The molecule has 1 aliphatic rings. The van der Waals surface area contributed by atoms with Crippen LogP contribution in [-0.4, -0.2) is 46.8 Å². The average molecular weight is 509 g/mol. The van der Waals surface area contributed by atoms with Crippen LogP contribution in [0.25, 0.3) is 0 Å². The SMILES string of the molecule is COc1ccccc1NC(=O)CN1C(=O)CC(c2cc(OC)c(OC)c(OC)c2)Sc2ccccc21. The van der Waals surface area contributed by atoms with Gasteiger partial charge in [0.05, 0.1) is 39.8 Å². The van der Waals surface area contributed by atoms with Crippen molar-refractivity contribution in [2.75, 3.05) is 45.2 Å². The van der Waals surface area contributed by atoms with Gasteiger partial charge in [-0.15, -0.1) is 11.8 Å². The molecule has 36 heavy (non-hydrogen) atoms. The van der Waals surface area contributed by atoms with Crippen LogP contribution in [0.1, 0.15) is 17.2 Å². The number of nitrogens with zero attached hydrogens (tertiary/aromatic N) is 1. The summed E-state index contributed by atoms with van der Waals surface area (Å²) in [5.41, 5.74) is 2.10. The molecule has 0 aromatic heterocycles. The monoisotopic (exact) mass is 508 g/mol. The molecule has 1 N–H and O–H groups in total. The maximum absolute atomic E-state index is 13.5. The molecule has 188 valence electrons. The number of para-hydroxylation sites is 3. The number of carbonyl (C=O) groups is 2. The van der Waals surface area contributed by atoms with Crippen LogP contribution < -0.4 is 29.2 Å². The quantitative estimate of drug-likeness (QED) is 0.462. The molecule has 0 fully saturated rings. The molecule has 3 aromatic carbocycles. The lowest BCUT2D eigenvalue weighted by Crippen LogP contribution is -2.38. The average Bonchev–Trinajstić information content (AvgIpc) is 3.04. The van der Waals surface area contributed by atoms with Crippen LogP contribution in [0.15, 0.2) is 65.6 Å². The highest BCUT2D eigenvalue weighted by atomic mass is 32.2. The molecular formula is C27H28N2O6S. The summed E-state index contributed by atoms with van der Waals surface area (Å²) in [6, 6.07) is 18.5. The van der Waals surface area contributed by atoms with Crippen molar-refractivity contribution in [2.45, 2.75) is 16.6 Å². The summed E-state index contributed by atoms with van der Waals surface area (Å²) in [7, 11) is 6.21. The fourth-order valence-corrected chi connectivity index (χ4v) is 5.37. The Labute approximate surface area is 214 Å². The number of benzene rings is 3. The number of anilines is 2. The summed E-state index contributed by atoms with van der Waals surface area (Å²) in [4.78, 5) is 28.9. The molecule has 9 heteroatoms. The Morgan fingerprint density at radius 1 is 0.917 bits per heavy atom. The molecular weight excluding hydrogens is 480 g/mol. The first-order valence-electron chi connectivity index (χ1n) is 11.3. The second-order valence-corrected chi connectivity index (χ2v) is 9.21. The summed E-state index contributed by atoms with van der Waals surface area (Å²) in [6.07, 6.45) is 0.180. The number of methoxy groups -OCH3 is 4. The number of ether oxygens (including phenoxy) is 4. The Kier molecular flexibility index (Phi) is 7.90. The van der Waals surface area contributed by atoms with Gasteiger partial charge in [-0.25, -0.2) is 0 Å². The Morgan fingerprint density at radius 2 is 1.56 bits per heavy atom. The molecule has 1 aliphatic heterocycles. The topological polar surface area (TPSA) is 86.3 Å². The van der Waals surface area contributed by atoms with Crippen LogP contribution in [0.5, 0.6) is 23.0 Å². The lowest BCUT2D eigenvalue weighted by Gasteiger charge is -2.22. The Bertz CT molecular complexity index is 1240. The van der Waals surface area contributed by atoms with E-state index in [-0.39, 0.29) is 30.0 Å². The summed E-state index contributed by atoms with van der Waals surface area (Å²) in [5, 5.41) is 2.63. The normalized spacial score (nSPS) is 14.9. The van der Waals surface area contributed by atoms with Crippen LogP contribution in [0.4, 0.5) is 11.4 Å². The van der Waals surface area contributed by atoms with Gasteiger partial charge in [-0.05, 0) is 42.0 Å². The van der Waals surface area contributed by atoms with Crippen LogP contribution >= 0.6 is 11.8 Å². The van der Waals surface area contributed by atoms with Gasteiger partial charge >= 0.3 is 0 Å². The van der Waals surface area contributed by atoms with E-state index in [2.05, 4.69) is 5.32 Å². The predicted molar refractivity (Wildman–Crippen MR) is 140 cm³/mol.